The molecule has 0 spiro atoms. The lowest BCUT2D eigenvalue weighted by Gasteiger charge is -2.33. The third-order valence-corrected chi connectivity index (χ3v) is 4.57. The number of benzene rings is 1. The summed E-state index contributed by atoms with van der Waals surface area (Å²) in [6.45, 7) is 7.70. The topological polar surface area (TPSA) is 68.5 Å². The van der Waals surface area contributed by atoms with Crippen LogP contribution in [-0.4, -0.2) is 40.7 Å². The molecule has 0 saturated carbocycles. The molecule has 0 aliphatic carbocycles. The predicted molar refractivity (Wildman–Crippen MR) is 97.6 cm³/mol. The van der Waals surface area contributed by atoms with E-state index in [9.17, 15) is 4.79 Å². The maximum atomic E-state index is 12.8. The minimum atomic E-state index is -0.286. The molecule has 0 N–H and O–H groups in total. The quantitative estimate of drug-likeness (QED) is 0.794. The number of aromatic nitrogens is 2. The molecule has 1 aliphatic rings. The lowest BCUT2D eigenvalue weighted by molar-refractivity contribution is -0.141. The van der Waals surface area contributed by atoms with Gasteiger partial charge in [0.1, 0.15) is 6.04 Å². The molecule has 2 heterocycles. The van der Waals surface area contributed by atoms with Gasteiger partial charge < -0.3 is 14.2 Å². The Kier molecular flexibility index (Phi) is 6.04. The van der Waals surface area contributed by atoms with Crippen LogP contribution in [0.4, 0.5) is 0 Å². The molecule has 140 valence electrons. The SMILES string of the molecule is Cc1noc(C2COCCN2C(=O)CCc2ccc(CC(C)C)cc2)n1. The van der Waals surface area contributed by atoms with Gasteiger partial charge in [-0.05, 0) is 36.8 Å². The second-order valence-corrected chi connectivity index (χ2v) is 7.27. The number of hydrogen-bond acceptors (Lipinski definition) is 5. The van der Waals surface area contributed by atoms with E-state index in [-0.39, 0.29) is 11.9 Å². The van der Waals surface area contributed by atoms with Gasteiger partial charge in [-0.25, -0.2) is 0 Å². The van der Waals surface area contributed by atoms with Gasteiger partial charge in [0.25, 0.3) is 5.89 Å². The Labute approximate surface area is 154 Å². The van der Waals surface area contributed by atoms with Gasteiger partial charge >= 0.3 is 0 Å². The summed E-state index contributed by atoms with van der Waals surface area (Å²) >= 11 is 0. The van der Waals surface area contributed by atoms with E-state index in [1.807, 2.05) is 4.90 Å². The van der Waals surface area contributed by atoms with Crippen molar-refractivity contribution < 1.29 is 14.1 Å². The molecular formula is C20H27N3O3. The van der Waals surface area contributed by atoms with Crippen LogP contribution in [0.5, 0.6) is 0 Å². The van der Waals surface area contributed by atoms with Crippen molar-refractivity contribution in [3.05, 3.63) is 47.1 Å². The predicted octanol–water partition coefficient (Wildman–Crippen LogP) is 3.11. The molecule has 3 rings (SSSR count). The average molecular weight is 357 g/mol. The molecule has 1 saturated heterocycles. The van der Waals surface area contributed by atoms with Crippen molar-refractivity contribution in [2.45, 2.75) is 46.1 Å². The number of rotatable bonds is 6. The largest absolute Gasteiger partial charge is 0.377 e. The summed E-state index contributed by atoms with van der Waals surface area (Å²) in [7, 11) is 0. The summed E-state index contributed by atoms with van der Waals surface area (Å²) in [5.74, 6) is 1.77. The fourth-order valence-corrected chi connectivity index (χ4v) is 3.26. The highest BCUT2D eigenvalue weighted by atomic mass is 16.5. The van der Waals surface area contributed by atoms with Crippen LogP contribution in [0.3, 0.4) is 0 Å². The van der Waals surface area contributed by atoms with Crippen LogP contribution in [0.25, 0.3) is 0 Å². The zero-order chi connectivity index (χ0) is 18.5. The maximum absolute atomic E-state index is 12.8. The number of amides is 1. The molecule has 2 aromatic rings. The Bertz CT molecular complexity index is 724. The standard InChI is InChI=1S/C20H27N3O3/c1-14(2)12-17-6-4-16(5-7-17)8-9-19(24)23-10-11-25-13-18(23)20-21-15(3)22-26-20/h4-7,14,18H,8-13H2,1-3H3. The van der Waals surface area contributed by atoms with Gasteiger partial charge in [0.15, 0.2) is 5.82 Å². The molecule has 0 radical (unpaired) electrons. The molecular weight excluding hydrogens is 330 g/mol. The van der Waals surface area contributed by atoms with Gasteiger partial charge in [-0.1, -0.05) is 43.3 Å². The van der Waals surface area contributed by atoms with Crippen LogP contribution < -0.4 is 0 Å². The highest BCUT2D eigenvalue weighted by molar-refractivity contribution is 5.77. The molecule has 1 atom stereocenters. The molecule has 26 heavy (non-hydrogen) atoms. The molecule has 1 unspecified atom stereocenters. The normalized spacial score (nSPS) is 17.7. The third kappa shape index (κ3) is 4.69. The first-order chi connectivity index (χ1) is 12.5. The molecule has 1 aliphatic heterocycles. The van der Waals surface area contributed by atoms with E-state index in [0.717, 1.165) is 12.8 Å². The summed E-state index contributed by atoms with van der Waals surface area (Å²) in [5.41, 5.74) is 2.53. The summed E-state index contributed by atoms with van der Waals surface area (Å²) in [4.78, 5) is 18.8. The molecule has 1 aromatic heterocycles. The zero-order valence-corrected chi connectivity index (χ0v) is 15.8. The number of carbonyl (C=O) groups is 1. The van der Waals surface area contributed by atoms with Crippen molar-refractivity contribution in [2.24, 2.45) is 5.92 Å². The number of ether oxygens (including phenoxy) is 1. The minimum Gasteiger partial charge on any atom is -0.377 e. The van der Waals surface area contributed by atoms with Gasteiger partial charge in [-0.2, -0.15) is 4.98 Å². The van der Waals surface area contributed by atoms with E-state index in [4.69, 9.17) is 9.26 Å². The number of aryl methyl sites for hydroxylation is 2. The fraction of sp³-hybridized carbons (Fsp3) is 0.550. The smallest absolute Gasteiger partial charge is 0.251 e. The number of morpholine rings is 1. The van der Waals surface area contributed by atoms with Crippen LogP contribution in [0.15, 0.2) is 28.8 Å². The van der Waals surface area contributed by atoms with Gasteiger partial charge in [-0.3, -0.25) is 4.79 Å². The van der Waals surface area contributed by atoms with Crippen molar-refractivity contribution in [1.29, 1.82) is 0 Å². The molecule has 1 aromatic carbocycles. The van der Waals surface area contributed by atoms with E-state index in [0.29, 0.717) is 43.8 Å². The molecule has 6 heteroatoms. The van der Waals surface area contributed by atoms with E-state index in [2.05, 4.69) is 48.3 Å². The highest BCUT2D eigenvalue weighted by Gasteiger charge is 2.32. The van der Waals surface area contributed by atoms with Crippen LogP contribution in [0, 0.1) is 12.8 Å². The number of nitrogens with zero attached hydrogens (tertiary/aromatic N) is 3. The van der Waals surface area contributed by atoms with Crippen molar-refractivity contribution in [2.75, 3.05) is 19.8 Å². The third-order valence-electron chi connectivity index (χ3n) is 4.57. The summed E-state index contributed by atoms with van der Waals surface area (Å²) in [6, 6.07) is 8.30. The molecule has 1 fully saturated rings. The highest BCUT2D eigenvalue weighted by Crippen LogP contribution is 2.24. The van der Waals surface area contributed by atoms with Crippen LogP contribution >= 0.6 is 0 Å². The molecule has 6 nitrogen and oxygen atoms in total. The lowest BCUT2D eigenvalue weighted by Crippen LogP contribution is -2.43. The minimum absolute atomic E-state index is 0.0976. The van der Waals surface area contributed by atoms with Gasteiger partial charge in [0.2, 0.25) is 5.91 Å². The van der Waals surface area contributed by atoms with Crippen LogP contribution in [0.1, 0.15) is 49.2 Å². The fourth-order valence-electron chi connectivity index (χ4n) is 3.26. The van der Waals surface area contributed by atoms with Crippen molar-refractivity contribution in [3.63, 3.8) is 0 Å². The maximum Gasteiger partial charge on any atom is 0.251 e. The summed E-state index contributed by atoms with van der Waals surface area (Å²) < 4.78 is 10.8. The lowest BCUT2D eigenvalue weighted by atomic mass is 10.0. The van der Waals surface area contributed by atoms with Gasteiger partial charge in [0, 0.05) is 13.0 Å². The summed E-state index contributed by atoms with van der Waals surface area (Å²) in [6.07, 6.45) is 2.28. The van der Waals surface area contributed by atoms with E-state index < -0.39 is 0 Å². The Morgan fingerprint density at radius 1 is 1.27 bits per heavy atom. The van der Waals surface area contributed by atoms with Crippen molar-refractivity contribution >= 4 is 5.91 Å². The Morgan fingerprint density at radius 2 is 2.00 bits per heavy atom. The molecule has 0 bridgehead atoms. The second kappa shape index (κ2) is 8.45. The first kappa shape index (κ1) is 18.6. The Hall–Kier alpha value is -2.21. The first-order valence-corrected chi connectivity index (χ1v) is 9.28. The number of carbonyl (C=O) groups excluding carboxylic acids is 1. The van der Waals surface area contributed by atoms with Crippen LogP contribution in [-0.2, 0) is 22.4 Å². The van der Waals surface area contributed by atoms with Crippen LogP contribution in [0.2, 0.25) is 0 Å². The van der Waals surface area contributed by atoms with Crippen molar-refractivity contribution in [1.82, 2.24) is 15.0 Å². The monoisotopic (exact) mass is 357 g/mol. The molecule has 1 amide bonds. The Balaban J connectivity index is 1.59. The van der Waals surface area contributed by atoms with Gasteiger partial charge in [0.05, 0.1) is 13.2 Å². The zero-order valence-electron chi connectivity index (χ0n) is 15.8. The van der Waals surface area contributed by atoms with E-state index in [1.165, 1.54) is 11.1 Å². The Morgan fingerprint density at radius 3 is 2.65 bits per heavy atom. The van der Waals surface area contributed by atoms with Crippen molar-refractivity contribution in [3.8, 4) is 0 Å². The van der Waals surface area contributed by atoms with E-state index >= 15 is 0 Å². The van der Waals surface area contributed by atoms with E-state index in [1.54, 1.807) is 6.92 Å². The van der Waals surface area contributed by atoms with Gasteiger partial charge in [-0.15, -0.1) is 0 Å². The first-order valence-electron chi connectivity index (χ1n) is 9.28. The average Bonchev–Trinajstić information content (AvgIpc) is 3.07. The number of hydrogen-bond donors (Lipinski definition) is 0. The second-order valence-electron chi connectivity index (χ2n) is 7.27. The summed E-state index contributed by atoms with van der Waals surface area (Å²) in [5, 5.41) is 3.83.